The summed E-state index contributed by atoms with van der Waals surface area (Å²) in [4.78, 5) is 15.0. The van der Waals surface area contributed by atoms with E-state index < -0.39 is 0 Å². The van der Waals surface area contributed by atoms with Gasteiger partial charge in [-0.2, -0.15) is 5.10 Å². The van der Waals surface area contributed by atoms with E-state index in [0.29, 0.717) is 6.42 Å². The first kappa shape index (κ1) is 15.2. The van der Waals surface area contributed by atoms with Gasteiger partial charge in [0.25, 0.3) is 5.91 Å². The zero-order valence-corrected chi connectivity index (χ0v) is 14.2. The highest BCUT2D eigenvalue weighted by atomic mass is 16.5. The number of para-hydroxylation sites is 1. The highest BCUT2D eigenvalue weighted by Gasteiger charge is 2.37. The molecule has 0 aliphatic carbocycles. The van der Waals surface area contributed by atoms with Crippen LogP contribution in [0, 0.1) is 13.8 Å². The molecule has 2 atom stereocenters. The van der Waals surface area contributed by atoms with E-state index in [9.17, 15) is 4.79 Å². The van der Waals surface area contributed by atoms with E-state index in [1.165, 1.54) is 0 Å². The Morgan fingerprint density at radius 3 is 2.92 bits per heavy atom. The summed E-state index contributed by atoms with van der Waals surface area (Å²) in [6.45, 7) is 5.66. The summed E-state index contributed by atoms with van der Waals surface area (Å²) >= 11 is 0. The van der Waals surface area contributed by atoms with Crippen molar-refractivity contribution in [2.75, 3.05) is 6.54 Å². The molecule has 5 nitrogen and oxygen atoms in total. The number of benzene rings is 1. The molecule has 0 spiro atoms. The number of carbonyl (C=O) groups is 1. The van der Waals surface area contributed by atoms with Gasteiger partial charge in [0.1, 0.15) is 5.75 Å². The van der Waals surface area contributed by atoms with Gasteiger partial charge in [0.15, 0.2) is 6.10 Å². The largest absolute Gasteiger partial charge is 0.480 e. The van der Waals surface area contributed by atoms with E-state index >= 15 is 0 Å². The molecule has 0 radical (unpaired) electrons. The maximum atomic E-state index is 13.0. The molecular weight excluding hydrogens is 302 g/mol. The van der Waals surface area contributed by atoms with Gasteiger partial charge in [-0.25, -0.2) is 0 Å². The molecule has 1 aromatic carbocycles. The zero-order valence-electron chi connectivity index (χ0n) is 14.2. The first-order valence-electron chi connectivity index (χ1n) is 8.68. The van der Waals surface area contributed by atoms with Gasteiger partial charge in [0, 0.05) is 18.7 Å². The lowest BCUT2D eigenvalue weighted by atomic mass is 10.1. The lowest BCUT2D eigenvalue weighted by Crippen LogP contribution is -2.45. The smallest absolute Gasteiger partial charge is 0.264 e. The Labute approximate surface area is 142 Å². The van der Waals surface area contributed by atoms with Crippen LogP contribution < -0.4 is 4.74 Å². The lowest BCUT2D eigenvalue weighted by Gasteiger charge is -2.27. The molecule has 1 amide bonds. The van der Waals surface area contributed by atoms with E-state index in [4.69, 9.17) is 4.74 Å². The summed E-state index contributed by atoms with van der Waals surface area (Å²) in [6.07, 6.45) is 2.39. The third-order valence-corrected chi connectivity index (χ3v) is 5.07. The Hall–Kier alpha value is -2.30. The summed E-state index contributed by atoms with van der Waals surface area (Å²) in [5.41, 5.74) is 3.31. The highest BCUT2D eigenvalue weighted by molar-refractivity contribution is 5.83. The Morgan fingerprint density at radius 2 is 2.17 bits per heavy atom. The first-order chi connectivity index (χ1) is 11.6. The molecule has 2 aromatic rings. The maximum Gasteiger partial charge on any atom is 0.264 e. The third-order valence-electron chi connectivity index (χ3n) is 5.07. The molecule has 0 saturated carbocycles. The second-order valence-corrected chi connectivity index (χ2v) is 6.86. The average Bonchev–Trinajstić information content (AvgIpc) is 3.26. The van der Waals surface area contributed by atoms with Crippen LogP contribution >= 0.6 is 0 Å². The van der Waals surface area contributed by atoms with Crippen molar-refractivity contribution in [3.05, 3.63) is 47.3 Å². The SMILES string of the molecule is Cc1cc(C)n(C[C@H]2CCCN2C(=O)[C@H]2Cc3ccccc3O2)n1. The van der Waals surface area contributed by atoms with Crippen LogP contribution in [0.1, 0.15) is 29.8 Å². The number of amides is 1. The molecule has 4 rings (SSSR count). The summed E-state index contributed by atoms with van der Waals surface area (Å²) in [7, 11) is 0. The number of carbonyl (C=O) groups excluding carboxylic acids is 1. The highest BCUT2D eigenvalue weighted by Crippen LogP contribution is 2.30. The molecule has 0 bridgehead atoms. The van der Waals surface area contributed by atoms with Gasteiger partial charge < -0.3 is 9.64 Å². The van der Waals surface area contributed by atoms with Crippen molar-refractivity contribution < 1.29 is 9.53 Å². The van der Waals surface area contributed by atoms with E-state index in [2.05, 4.69) is 18.1 Å². The van der Waals surface area contributed by atoms with E-state index in [1.54, 1.807) is 0 Å². The molecule has 1 saturated heterocycles. The minimum Gasteiger partial charge on any atom is -0.480 e. The fourth-order valence-corrected chi connectivity index (χ4v) is 3.88. The molecule has 3 heterocycles. The fourth-order valence-electron chi connectivity index (χ4n) is 3.88. The molecule has 0 N–H and O–H groups in total. The van der Waals surface area contributed by atoms with Crippen molar-refractivity contribution in [2.24, 2.45) is 0 Å². The maximum absolute atomic E-state index is 13.0. The van der Waals surface area contributed by atoms with Crippen LogP contribution in [0.4, 0.5) is 0 Å². The molecule has 24 heavy (non-hydrogen) atoms. The van der Waals surface area contributed by atoms with Crippen LogP contribution in [0.5, 0.6) is 5.75 Å². The summed E-state index contributed by atoms with van der Waals surface area (Å²) in [5, 5.41) is 4.54. The standard InChI is InChI=1S/C19H23N3O2/c1-13-10-14(2)22(20-13)12-16-7-5-9-21(16)19(23)18-11-15-6-3-4-8-17(15)24-18/h3-4,6,8,10,16,18H,5,7,9,11-12H2,1-2H3/t16-,18-/m1/s1. The van der Waals surface area contributed by atoms with Crippen LogP contribution in [0.3, 0.4) is 0 Å². The number of ether oxygens (including phenoxy) is 1. The number of nitrogens with zero attached hydrogens (tertiary/aromatic N) is 3. The fraction of sp³-hybridized carbons (Fsp3) is 0.474. The first-order valence-corrected chi connectivity index (χ1v) is 8.68. The van der Waals surface area contributed by atoms with Crippen molar-refractivity contribution >= 4 is 5.91 Å². The van der Waals surface area contributed by atoms with Crippen LogP contribution in [-0.2, 0) is 17.8 Å². The molecule has 5 heteroatoms. The Balaban J connectivity index is 1.47. The van der Waals surface area contributed by atoms with Crippen molar-refractivity contribution in [2.45, 2.75) is 51.8 Å². The second kappa shape index (κ2) is 5.96. The minimum atomic E-state index is -0.372. The lowest BCUT2D eigenvalue weighted by molar-refractivity contribution is -0.139. The van der Waals surface area contributed by atoms with Gasteiger partial charge in [-0.15, -0.1) is 0 Å². The zero-order chi connectivity index (χ0) is 16.7. The monoisotopic (exact) mass is 325 g/mol. The van der Waals surface area contributed by atoms with Gasteiger partial charge in [-0.3, -0.25) is 9.48 Å². The van der Waals surface area contributed by atoms with Gasteiger partial charge >= 0.3 is 0 Å². The summed E-state index contributed by atoms with van der Waals surface area (Å²) in [5.74, 6) is 0.973. The molecule has 1 fully saturated rings. The number of hydrogen-bond donors (Lipinski definition) is 0. The number of fused-ring (bicyclic) bond motifs is 1. The number of aryl methyl sites for hydroxylation is 2. The van der Waals surface area contributed by atoms with E-state index in [-0.39, 0.29) is 18.1 Å². The quantitative estimate of drug-likeness (QED) is 0.871. The van der Waals surface area contributed by atoms with Gasteiger partial charge in [0.05, 0.1) is 18.3 Å². The van der Waals surface area contributed by atoms with E-state index in [0.717, 1.165) is 48.6 Å². The molecule has 2 aliphatic heterocycles. The van der Waals surface area contributed by atoms with Gasteiger partial charge in [-0.05, 0) is 44.4 Å². The Kier molecular flexibility index (Phi) is 3.79. The number of aromatic nitrogens is 2. The Morgan fingerprint density at radius 1 is 1.33 bits per heavy atom. The number of likely N-dealkylation sites (tertiary alicyclic amines) is 1. The van der Waals surface area contributed by atoms with Crippen molar-refractivity contribution in [3.8, 4) is 5.75 Å². The van der Waals surface area contributed by atoms with Crippen LogP contribution in [0.15, 0.2) is 30.3 Å². The predicted octanol–water partition coefficient (Wildman–Crippen LogP) is 2.49. The average molecular weight is 325 g/mol. The molecule has 1 aromatic heterocycles. The number of rotatable bonds is 3. The number of hydrogen-bond acceptors (Lipinski definition) is 3. The molecule has 126 valence electrons. The van der Waals surface area contributed by atoms with Crippen LogP contribution in [0.2, 0.25) is 0 Å². The second-order valence-electron chi connectivity index (χ2n) is 6.86. The van der Waals surface area contributed by atoms with Crippen LogP contribution in [-0.4, -0.2) is 39.3 Å². The van der Waals surface area contributed by atoms with Crippen LogP contribution in [0.25, 0.3) is 0 Å². The molecule has 2 aliphatic rings. The third kappa shape index (κ3) is 2.68. The molecule has 0 unspecified atom stereocenters. The van der Waals surface area contributed by atoms with Crippen molar-refractivity contribution in [1.82, 2.24) is 14.7 Å². The van der Waals surface area contributed by atoms with E-state index in [1.807, 2.05) is 40.8 Å². The van der Waals surface area contributed by atoms with Crippen molar-refractivity contribution in [1.29, 1.82) is 0 Å². The van der Waals surface area contributed by atoms with Gasteiger partial charge in [-0.1, -0.05) is 18.2 Å². The van der Waals surface area contributed by atoms with Crippen molar-refractivity contribution in [3.63, 3.8) is 0 Å². The van der Waals surface area contributed by atoms with Gasteiger partial charge in [0.2, 0.25) is 0 Å². The normalized spacial score (nSPS) is 22.5. The summed E-state index contributed by atoms with van der Waals surface area (Å²) < 4.78 is 7.92. The molecular formula is C19H23N3O2. The summed E-state index contributed by atoms with van der Waals surface area (Å²) in [6, 6.07) is 10.2. The Bertz CT molecular complexity index is 743. The minimum absolute atomic E-state index is 0.121. The predicted molar refractivity (Wildman–Crippen MR) is 91.0 cm³/mol. The topological polar surface area (TPSA) is 47.4 Å².